The quantitative estimate of drug-likeness (QED) is 0.0265. The lowest BCUT2D eigenvalue weighted by molar-refractivity contribution is -0.870. The zero-order valence-electron chi connectivity index (χ0n) is 28.8. The molecule has 0 bridgehead atoms. The smallest absolute Gasteiger partial charge is 0.306 e. The van der Waals surface area contributed by atoms with Crippen LogP contribution in [0.25, 0.3) is 0 Å². The number of allylic oxidation sites excluding steroid dienone is 12. The fourth-order valence-electron chi connectivity index (χ4n) is 3.70. The molecule has 0 saturated heterocycles. The highest BCUT2D eigenvalue weighted by atomic mass is 31.2. The van der Waals surface area contributed by atoms with Crippen molar-refractivity contribution in [2.24, 2.45) is 0 Å². The van der Waals surface area contributed by atoms with E-state index in [-0.39, 0.29) is 26.2 Å². The number of ether oxygens (including phenoxy) is 2. The maximum atomic E-state index is 12.1. The first-order chi connectivity index (χ1) is 21.6. The highest BCUT2D eigenvalue weighted by molar-refractivity contribution is 7.45. The maximum Gasteiger partial charge on any atom is 0.306 e. The molecule has 45 heavy (non-hydrogen) atoms. The van der Waals surface area contributed by atoms with E-state index < -0.39 is 19.9 Å². The predicted molar refractivity (Wildman–Crippen MR) is 185 cm³/mol. The lowest BCUT2D eigenvalue weighted by atomic mass is 10.2. The number of carbonyl (C=O) groups excluding carboxylic acids is 1. The average Bonchev–Trinajstić information content (AvgIpc) is 2.97. The minimum atomic E-state index is -4.50. The Bertz CT molecular complexity index is 948. The van der Waals surface area contributed by atoms with E-state index in [1.807, 2.05) is 28.1 Å². The molecule has 0 aliphatic heterocycles. The molecule has 0 saturated carbocycles. The van der Waals surface area contributed by atoms with Gasteiger partial charge >= 0.3 is 5.97 Å². The number of likely N-dealkylation sites (N-methyl/N-ethyl adjacent to an activating group) is 1. The molecule has 0 aromatic rings. The molecule has 0 radical (unpaired) electrons. The van der Waals surface area contributed by atoms with E-state index in [0.717, 1.165) is 64.2 Å². The average molecular weight is 652 g/mol. The largest absolute Gasteiger partial charge is 0.756 e. The fourth-order valence-corrected chi connectivity index (χ4v) is 4.43. The molecule has 2 atom stereocenters. The van der Waals surface area contributed by atoms with E-state index in [2.05, 4.69) is 79.8 Å². The lowest BCUT2D eigenvalue weighted by Crippen LogP contribution is -2.37. The summed E-state index contributed by atoms with van der Waals surface area (Å²) in [7, 11) is 1.31. The van der Waals surface area contributed by atoms with Crippen molar-refractivity contribution in [2.45, 2.75) is 97.0 Å². The van der Waals surface area contributed by atoms with Crippen molar-refractivity contribution in [2.75, 3.05) is 54.1 Å². The van der Waals surface area contributed by atoms with E-state index in [1.54, 1.807) is 0 Å². The summed E-state index contributed by atoms with van der Waals surface area (Å²) >= 11 is 0. The summed E-state index contributed by atoms with van der Waals surface area (Å²) in [4.78, 5) is 24.1. The zero-order chi connectivity index (χ0) is 33.5. The van der Waals surface area contributed by atoms with E-state index in [0.29, 0.717) is 24.1 Å². The number of nitrogens with zero attached hydrogens (tertiary/aromatic N) is 1. The van der Waals surface area contributed by atoms with Crippen LogP contribution in [0.2, 0.25) is 0 Å². The molecule has 9 heteroatoms. The van der Waals surface area contributed by atoms with Crippen LogP contribution in [-0.2, 0) is 27.9 Å². The summed E-state index contributed by atoms with van der Waals surface area (Å²) in [5.41, 5.74) is 0. The van der Waals surface area contributed by atoms with E-state index in [4.69, 9.17) is 18.5 Å². The molecule has 0 N–H and O–H groups in total. The standard InChI is InChI=1S/C36H62NO7P/c1-6-8-9-10-11-12-13-14-15-16-17-18-19-20-21-22-23-24-25-26-27-28-31-41-33-35(44-36(38)29-7-2)34-43-45(39,40)42-32-30-37(3,4)5/h8-9,11-12,14-15,17-18,20-21,23-24,35H,6-7,10,13,16,19,22,25-34H2,1-5H3/b9-8-,12-11-,15-14-,18-17-,21-20-,24-23-. The summed E-state index contributed by atoms with van der Waals surface area (Å²) in [6, 6.07) is 0. The molecule has 0 heterocycles. The summed E-state index contributed by atoms with van der Waals surface area (Å²) in [5, 5.41) is 0. The maximum absolute atomic E-state index is 12.1. The van der Waals surface area contributed by atoms with Gasteiger partial charge in [0, 0.05) is 13.0 Å². The van der Waals surface area contributed by atoms with Gasteiger partial charge in [-0.2, -0.15) is 0 Å². The van der Waals surface area contributed by atoms with Crippen molar-refractivity contribution < 1.29 is 37.3 Å². The Hall–Kier alpha value is -2.06. The molecule has 258 valence electrons. The van der Waals surface area contributed by atoms with Crippen LogP contribution >= 0.6 is 7.82 Å². The first kappa shape index (κ1) is 42.9. The van der Waals surface area contributed by atoms with Crippen LogP contribution in [0.15, 0.2) is 72.9 Å². The van der Waals surface area contributed by atoms with Gasteiger partial charge in [0.2, 0.25) is 0 Å². The van der Waals surface area contributed by atoms with Gasteiger partial charge in [-0.25, -0.2) is 0 Å². The molecular weight excluding hydrogens is 589 g/mol. The van der Waals surface area contributed by atoms with Crippen LogP contribution in [0.3, 0.4) is 0 Å². The normalized spacial score (nSPS) is 15.1. The van der Waals surface area contributed by atoms with Crippen LogP contribution in [-0.4, -0.2) is 70.7 Å². The number of hydrogen-bond acceptors (Lipinski definition) is 7. The van der Waals surface area contributed by atoms with Crippen molar-refractivity contribution in [1.29, 1.82) is 0 Å². The predicted octanol–water partition coefficient (Wildman–Crippen LogP) is 8.18. The fraction of sp³-hybridized carbons (Fsp3) is 0.639. The van der Waals surface area contributed by atoms with Gasteiger partial charge in [-0.3, -0.25) is 9.36 Å². The van der Waals surface area contributed by atoms with Gasteiger partial charge in [0.15, 0.2) is 0 Å². The minimum Gasteiger partial charge on any atom is -0.756 e. The number of hydrogen-bond donors (Lipinski definition) is 0. The third-order valence-corrected chi connectivity index (χ3v) is 7.21. The molecule has 0 aromatic heterocycles. The number of carbonyl (C=O) groups is 1. The molecule has 0 aromatic carbocycles. The molecule has 0 fully saturated rings. The lowest BCUT2D eigenvalue weighted by Gasteiger charge is -2.28. The van der Waals surface area contributed by atoms with Crippen molar-refractivity contribution in [3.05, 3.63) is 72.9 Å². The Morgan fingerprint density at radius 1 is 0.711 bits per heavy atom. The van der Waals surface area contributed by atoms with Crippen LogP contribution in [0, 0.1) is 0 Å². The minimum absolute atomic E-state index is 0.0135. The summed E-state index contributed by atoms with van der Waals surface area (Å²) in [6.07, 6.45) is 36.4. The number of quaternary nitrogens is 1. The molecule has 0 aliphatic rings. The van der Waals surface area contributed by atoms with Gasteiger partial charge in [0.25, 0.3) is 7.82 Å². The SMILES string of the molecule is CC/C=C\C/C=C\C/C=C\C/C=C\C/C=C\C/C=C\CCCCCOCC(COP(=O)([O-])OCC[N+](C)(C)C)OC(=O)CCC. The molecule has 0 rings (SSSR count). The second-order valence-electron chi connectivity index (χ2n) is 11.8. The topological polar surface area (TPSA) is 94.1 Å². The second-order valence-corrected chi connectivity index (χ2v) is 13.2. The van der Waals surface area contributed by atoms with Crippen LogP contribution in [0.4, 0.5) is 0 Å². The molecule has 2 unspecified atom stereocenters. The van der Waals surface area contributed by atoms with Crippen LogP contribution in [0.5, 0.6) is 0 Å². The Morgan fingerprint density at radius 3 is 1.76 bits per heavy atom. The molecule has 0 spiro atoms. The van der Waals surface area contributed by atoms with E-state index in [9.17, 15) is 14.3 Å². The van der Waals surface area contributed by atoms with Gasteiger partial charge in [-0.1, -0.05) is 93.2 Å². The van der Waals surface area contributed by atoms with Crippen LogP contribution in [0.1, 0.15) is 90.9 Å². The third-order valence-electron chi connectivity index (χ3n) is 6.24. The Morgan fingerprint density at radius 2 is 1.24 bits per heavy atom. The molecular formula is C36H62NO7P. The van der Waals surface area contributed by atoms with Gasteiger partial charge in [-0.15, -0.1) is 0 Å². The monoisotopic (exact) mass is 651 g/mol. The highest BCUT2D eigenvalue weighted by Gasteiger charge is 2.20. The summed E-state index contributed by atoms with van der Waals surface area (Å²) < 4.78 is 33.6. The van der Waals surface area contributed by atoms with Gasteiger partial charge < -0.3 is 27.9 Å². The van der Waals surface area contributed by atoms with Gasteiger partial charge in [0.05, 0.1) is 34.4 Å². The Balaban J connectivity index is 4.01. The number of phosphoric ester groups is 1. The van der Waals surface area contributed by atoms with Crippen molar-refractivity contribution >= 4 is 13.8 Å². The molecule has 8 nitrogen and oxygen atoms in total. The van der Waals surface area contributed by atoms with Crippen molar-refractivity contribution in [1.82, 2.24) is 0 Å². The molecule has 0 amide bonds. The first-order valence-electron chi connectivity index (χ1n) is 16.7. The van der Waals surface area contributed by atoms with E-state index >= 15 is 0 Å². The van der Waals surface area contributed by atoms with E-state index in [1.165, 1.54) is 0 Å². The molecule has 0 aliphatic carbocycles. The first-order valence-corrected chi connectivity index (χ1v) is 18.1. The van der Waals surface area contributed by atoms with Crippen molar-refractivity contribution in [3.8, 4) is 0 Å². The second kappa shape index (κ2) is 29.3. The van der Waals surface area contributed by atoms with Crippen LogP contribution < -0.4 is 4.89 Å². The Kier molecular flexibility index (Phi) is 28.0. The summed E-state index contributed by atoms with van der Waals surface area (Å²) in [5.74, 6) is -0.405. The number of rotatable bonds is 29. The number of phosphoric acid groups is 1. The van der Waals surface area contributed by atoms with Crippen molar-refractivity contribution in [3.63, 3.8) is 0 Å². The Labute approximate surface area is 274 Å². The number of esters is 1. The number of unbranched alkanes of at least 4 members (excludes halogenated alkanes) is 3. The van der Waals surface area contributed by atoms with Gasteiger partial charge in [0.1, 0.15) is 19.3 Å². The zero-order valence-corrected chi connectivity index (χ0v) is 29.7. The third kappa shape index (κ3) is 33.1. The van der Waals surface area contributed by atoms with Gasteiger partial charge in [-0.05, 0) is 64.2 Å². The highest BCUT2D eigenvalue weighted by Crippen LogP contribution is 2.38. The summed E-state index contributed by atoms with van der Waals surface area (Å²) in [6.45, 7) is 4.78.